The van der Waals surface area contributed by atoms with E-state index in [0.717, 1.165) is 44.3 Å². The summed E-state index contributed by atoms with van der Waals surface area (Å²) in [7, 11) is 0. The fourth-order valence-corrected chi connectivity index (χ4v) is 5.20. The summed E-state index contributed by atoms with van der Waals surface area (Å²) in [6.45, 7) is 0.755. The molecule has 0 saturated carbocycles. The molecule has 6 heteroatoms. The molecule has 1 unspecified atom stereocenters. The zero-order chi connectivity index (χ0) is 15.0. The molecule has 1 aliphatic rings. The highest BCUT2D eigenvalue weighted by molar-refractivity contribution is 9.13. The van der Waals surface area contributed by atoms with Crippen LogP contribution in [0.3, 0.4) is 0 Å². The molecule has 2 heterocycles. The van der Waals surface area contributed by atoms with Crippen LogP contribution in [-0.2, 0) is 6.42 Å². The lowest BCUT2D eigenvalue weighted by molar-refractivity contribution is 0.0956. The number of amides is 1. The topological polar surface area (TPSA) is 29.1 Å². The Hall–Kier alpha value is -0.170. The molecule has 1 atom stereocenters. The highest BCUT2D eigenvalue weighted by Gasteiger charge is 2.20. The van der Waals surface area contributed by atoms with Gasteiger partial charge < -0.3 is 5.32 Å². The Balaban J connectivity index is 1.97. The van der Waals surface area contributed by atoms with Gasteiger partial charge in [-0.1, -0.05) is 28.1 Å². The number of carbonyl (C=O) groups excluding carboxylic acids is 1. The van der Waals surface area contributed by atoms with Crippen molar-refractivity contribution in [2.45, 2.75) is 17.7 Å². The summed E-state index contributed by atoms with van der Waals surface area (Å²) >= 11 is 12.5. The monoisotopic (exact) mass is 491 g/mol. The van der Waals surface area contributed by atoms with Crippen LogP contribution >= 0.6 is 59.1 Å². The van der Waals surface area contributed by atoms with Gasteiger partial charge in [-0.25, -0.2) is 0 Å². The van der Waals surface area contributed by atoms with E-state index >= 15 is 0 Å². The third kappa shape index (κ3) is 3.28. The summed E-state index contributed by atoms with van der Waals surface area (Å²) in [6, 6.07) is 8.30. The van der Waals surface area contributed by atoms with Crippen molar-refractivity contribution < 1.29 is 4.79 Å². The lowest BCUT2D eigenvalue weighted by Crippen LogP contribution is -2.22. The molecule has 1 N–H and O–H groups in total. The normalized spacial score (nSPS) is 16.0. The zero-order valence-corrected chi connectivity index (χ0v) is 16.5. The van der Waals surface area contributed by atoms with Crippen molar-refractivity contribution in [3.8, 4) is 0 Å². The second kappa shape index (κ2) is 6.52. The molecule has 1 amide bonds. The number of rotatable bonds is 2. The minimum Gasteiger partial charge on any atom is -0.352 e. The highest BCUT2D eigenvalue weighted by Crippen LogP contribution is 2.41. The van der Waals surface area contributed by atoms with Gasteiger partial charge in [-0.05, 0) is 68.0 Å². The maximum Gasteiger partial charge on any atom is 0.251 e. The average Bonchev–Trinajstić information content (AvgIpc) is 2.70. The van der Waals surface area contributed by atoms with Gasteiger partial charge in [0.15, 0.2) is 0 Å². The van der Waals surface area contributed by atoms with Crippen molar-refractivity contribution in [1.82, 2.24) is 5.32 Å². The van der Waals surface area contributed by atoms with Gasteiger partial charge in [-0.2, -0.15) is 0 Å². The summed E-state index contributed by atoms with van der Waals surface area (Å²) in [6.07, 6.45) is 1.96. The van der Waals surface area contributed by atoms with E-state index in [4.69, 9.17) is 0 Å². The quantitative estimate of drug-likeness (QED) is 0.555. The number of benzene rings is 1. The molecule has 0 bridgehead atoms. The maximum atomic E-state index is 12.1. The minimum absolute atomic E-state index is 0.0394. The molecule has 0 saturated heterocycles. The first-order chi connectivity index (χ1) is 10.1. The van der Waals surface area contributed by atoms with E-state index in [1.54, 1.807) is 11.3 Å². The van der Waals surface area contributed by atoms with Crippen molar-refractivity contribution in [3.63, 3.8) is 0 Å². The van der Waals surface area contributed by atoms with Gasteiger partial charge in [0, 0.05) is 21.5 Å². The standard InChI is InChI=1S/C15H12Br3NOS/c16-11-7-12(21-14(11)18)13(17)9-4-3-8-2-1-5-19-15(20)10(8)6-9/h3-4,6-7,13H,1-2,5H2,(H,19,20). The SMILES string of the molecule is O=C1NCCCc2ccc(C(Br)c3cc(Br)c(Br)s3)cc21. The number of carbonyl (C=O) groups is 1. The Morgan fingerprint density at radius 3 is 2.76 bits per heavy atom. The molecule has 0 radical (unpaired) electrons. The van der Waals surface area contributed by atoms with Crippen LogP contribution in [0.2, 0.25) is 0 Å². The predicted octanol–water partition coefficient (Wildman–Crippen LogP) is 5.43. The van der Waals surface area contributed by atoms with Crippen molar-refractivity contribution in [2.75, 3.05) is 6.54 Å². The smallest absolute Gasteiger partial charge is 0.251 e. The zero-order valence-electron chi connectivity index (χ0n) is 11.0. The Morgan fingerprint density at radius 1 is 1.24 bits per heavy atom. The van der Waals surface area contributed by atoms with E-state index in [9.17, 15) is 4.79 Å². The van der Waals surface area contributed by atoms with Crippen LogP contribution in [0.15, 0.2) is 32.5 Å². The van der Waals surface area contributed by atoms with Gasteiger partial charge in [-0.3, -0.25) is 4.79 Å². The molecule has 0 spiro atoms. The Morgan fingerprint density at radius 2 is 2.05 bits per heavy atom. The maximum absolute atomic E-state index is 12.1. The molecule has 1 aromatic heterocycles. The van der Waals surface area contributed by atoms with Crippen LogP contribution in [0.5, 0.6) is 0 Å². The second-order valence-corrected chi connectivity index (χ2v) is 9.08. The van der Waals surface area contributed by atoms with Crippen molar-refractivity contribution in [3.05, 3.63) is 54.1 Å². The Labute approximate surface area is 152 Å². The van der Waals surface area contributed by atoms with Gasteiger partial charge in [0.25, 0.3) is 5.91 Å². The van der Waals surface area contributed by atoms with Crippen molar-refractivity contribution >= 4 is 65.0 Å². The van der Waals surface area contributed by atoms with Crippen molar-refractivity contribution in [2.24, 2.45) is 0 Å². The second-order valence-electron chi connectivity index (χ2n) is 4.91. The van der Waals surface area contributed by atoms with Gasteiger partial charge >= 0.3 is 0 Å². The number of hydrogen-bond donors (Lipinski definition) is 1. The van der Waals surface area contributed by atoms with Crippen LogP contribution in [0, 0.1) is 0 Å². The first-order valence-electron chi connectivity index (χ1n) is 6.56. The van der Waals surface area contributed by atoms with Gasteiger partial charge in [0.1, 0.15) is 0 Å². The predicted molar refractivity (Wildman–Crippen MR) is 97.6 cm³/mol. The molecule has 2 nitrogen and oxygen atoms in total. The van der Waals surface area contributed by atoms with Crippen LogP contribution in [0.4, 0.5) is 0 Å². The Kier molecular flexibility index (Phi) is 4.88. The molecule has 1 aromatic carbocycles. The Bertz CT molecular complexity index is 679. The van der Waals surface area contributed by atoms with Gasteiger partial charge in [0.05, 0.1) is 8.61 Å². The molecule has 2 aromatic rings. The average molecular weight is 494 g/mol. The molecule has 21 heavy (non-hydrogen) atoms. The summed E-state index contributed by atoms with van der Waals surface area (Å²) in [5, 5.41) is 2.95. The van der Waals surface area contributed by atoms with E-state index in [1.165, 1.54) is 4.88 Å². The third-order valence-corrected chi connectivity index (χ3v) is 8.14. The number of halogens is 3. The highest BCUT2D eigenvalue weighted by atomic mass is 79.9. The number of thiophene rings is 1. The summed E-state index contributed by atoms with van der Waals surface area (Å²) in [5.74, 6) is 0.0394. The molecule has 3 rings (SSSR count). The first-order valence-corrected chi connectivity index (χ1v) is 9.88. The number of fused-ring (bicyclic) bond motifs is 1. The van der Waals surface area contributed by atoms with Crippen LogP contribution < -0.4 is 5.32 Å². The van der Waals surface area contributed by atoms with E-state index < -0.39 is 0 Å². The van der Waals surface area contributed by atoms with E-state index in [1.807, 2.05) is 6.07 Å². The molecule has 0 fully saturated rings. The van der Waals surface area contributed by atoms with Gasteiger partial charge in [-0.15, -0.1) is 11.3 Å². The van der Waals surface area contributed by atoms with E-state index in [-0.39, 0.29) is 10.7 Å². The third-order valence-electron chi connectivity index (χ3n) is 3.49. The molecule has 1 aliphatic heterocycles. The molecular formula is C15H12Br3NOS. The fourth-order valence-electron chi connectivity index (χ4n) is 2.41. The number of alkyl halides is 1. The molecule has 110 valence electrons. The van der Waals surface area contributed by atoms with Crippen LogP contribution in [-0.4, -0.2) is 12.5 Å². The van der Waals surface area contributed by atoms with E-state index in [2.05, 4.69) is 71.3 Å². The molecule has 0 aliphatic carbocycles. The minimum atomic E-state index is 0.0394. The van der Waals surface area contributed by atoms with Crippen molar-refractivity contribution in [1.29, 1.82) is 0 Å². The fraction of sp³-hybridized carbons (Fsp3) is 0.267. The van der Waals surface area contributed by atoms with Gasteiger partial charge in [0.2, 0.25) is 0 Å². The summed E-state index contributed by atoms with van der Waals surface area (Å²) < 4.78 is 2.13. The molecular weight excluding hydrogens is 482 g/mol. The summed E-state index contributed by atoms with van der Waals surface area (Å²) in [4.78, 5) is 13.4. The summed E-state index contributed by atoms with van der Waals surface area (Å²) in [5.41, 5.74) is 3.05. The number of nitrogens with one attached hydrogen (secondary N) is 1. The number of hydrogen-bond acceptors (Lipinski definition) is 2. The largest absolute Gasteiger partial charge is 0.352 e. The van der Waals surface area contributed by atoms with Crippen LogP contribution in [0.25, 0.3) is 0 Å². The first kappa shape index (κ1) is 15.7. The van der Waals surface area contributed by atoms with E-state index in [0.29, 0.717) is 0 Å². The van der Waals surface area contributed by atoms with Crippen LogP contribution in [0.1, 0.15) is 37.6 Å². The lowest BCUT2D eigenvalue weighted by Gasteiger charge is -2.12. The number of aryl methyl sites for hydroxylation is 1. The lowest BCUT2D eigenvalue weighted by atomic mass is 9.99.